The second-order valence-electron chi connectivity index (χ2n) is 3.77. The third-order valence-corrected chi connectivity index (χ3v) is 3.09. The molecule has 0 aliphatic carbocycles. The van der Waals surface area contributed by atoms with Crippen LogP contribution < -0.4 is 0 Å². The molecule has 5 nitrogen and oxygen atoms in total. The van der Waals surface area contributed by atoms with Gasteiger partial charge in [-0.05, 0) is 12.1 Å². The SMILES string of the molecule is CN1C(=O)C(=O)N(Cc2ccc(Br)cc2F)C1=O. The van der Waals surface area contributed by atoms with Gasteiger partial charge >= 0.3 is 17.8 Å². The molecule has 4 amide bonds. The molecule has 18 heavy (non-hydrogen) atoms. The minimum absolute atomic E-state index is 0.169. The molecule has 0 saturated carbocycles. The average Bonchev–Trinajstić information content (AvgIpc) is 2.50. The number of carbonyl (C=O) groups excluding carboxylic acids is 3. The van der Waals surface area contributed by atoms with E-state index in [9.17, 15) is 18.8 Å². The van der Waals surface area contributed by atoms with Crippen molar-refractivity contribution in [2.24, 2.45) is 0 Å². The van der Waals surface area contributed by atoms with E-state index in [1.807, 2.05) is 0 Å². The third-order valence-electron chi connectivity index (χ3n) is 2.59. The first-order chi connectivity index (χ1) is 8.41. The van der Waals surface area contributed by atoms with Crippen molar-refractivity contribution in [1.29, 1.82) is 0 Å². The first kappa shape index (κ1) is 12.7. The predicted octanol–water partition coefficient (Wildman–Crippen LogP) is 1.51. The highest BCUT2D eigenvalue weighted by Crippen LogP contribution is 2.19. The number of imide groups is 2. The summed E-state index contributed by atoms with van der Waals surface area (Å²) in [7, 11) is 1.21. The number of carbonyl (C=O) groups is 3. The van der Waals surface area contributed by atoms with Gasteiger partial charge in [0.05, 0.1) is 6.54 Å². The largest absolute Gasteiger partial charge is 0.334 e. The molecule has 1 aliphatic heterocycles. The van der Waals surface area contributed by atoms with Gasteiger partial charge in [-0.1, -0.05) is 22.0 Å². The van der Waals surface area contributed by atoms with Crippen molar-refractivity contribution >= 4 is 33.8 Å². The molecule has 0 radical (unpaired) electrons. The van der Waals surface area contributed by atoms with Crippen LogP contribution in [0.25, 0.3) is 0 Å². The van der Waals surface area contributed by atoms with Crippen molar-refractivity contribution in [3.63, 3.8) is 0 Å². The van der Waals surface area contributed by atoms with Gasteiger partial charge in [-0.15, -0.1) is 0 Å². The van der Waals surface area contributed by atoms with Crippen LogP contribution in [0.2, 0.25) is 0 Å². The van der Waals surface area contributed by atoms with E-state index < -0.39 is 23.7 Å². The van der Waals surface area contributed by atoms with Gasteiger partial charge in [0, 0.05) is 17.1 Å². The zero-order valence-corrected chi connectivity index (χ0v) is 10.9. The summed E-state index contributed by atoms with van der Waals surface area (Å²) in [5.41, 5.74) is 0.169. The summed E-state index contributed by atoms with van der Waals surface area (Å²) in [4.78, 5) is 35.8. The normalized spacial score (nSPS) is 15.8. The van der Waals surface area contributed by atoms with Gasteiger partial charge in [-0.2, -0.15) is 0 Å². The molecule has 1 aromatic rings. The number of likely N-dealkylation sites (N-methyl/N-ethyl adjacent to an activating group) is 1. The lowest BCUT2D eigenvalue weighted by Gasteiger charge is -2.13. The number of halogens is 2. The van der Waals surface area contributed by atoms with Crippen molar-refractivity contribution in [2.45, 2.75) is 6.54 Å². The Morgan fingerprint density at radius 1 is 1.22 bits per heavy atom. The fraction of sp³-hybridized carbons (Fsp3) is 0.182. The maximum absolute atomic E-state index is 13.6. The molecule has 1 aliphatic rings. The molecule has 0 spiro atoms. The van der Waals surface area contributed by atoms with E-state index in [4.69, 9.17) is 0 Å². The molecule has 0 unspecified atom stereocenters. The highest BCUT2D eigenvalue weighted by atomic mass is 79.9. The Kier molecular flexibility index (Phi) is 3.16. The van der Waals surface area contributed by atoms with Crippen molar-refractivity contribution in [3.05, 3.63) is 34.1 Å². The van der Waals surface area contributed by atoms with Crippen LogP contribution in [-0.2, 0) is 16.1 Å². The fourth-order valence-corrected chi connectivity index (χ4v) is 1.91. The maximum Gasteiger partial charge on any atom is 0.334 e. The smallest absolute Gasteiger partial charge is 0.263 e. The Bertz CT molecular complexity index is 561. The predicted molar refractivity (Wildman–Crippen MR) is 62.8 cm³/mol. The van der Waals surface area contributed by atoms with Gasteiger partial charge in [-0.25, -0.2) is 9.18 Å². The second kappa shape index (κ2) is 4.49. The summed E-state index contributed by atoms with van der Waals surface area (Å²) in [6.45, 7) is -0.257. The molecule has 1 saturated heterocycles. The molecule has 0 N–H and O–H groups in total. The van der Waals surface area contributed by atoms with Gasteiger partial charge in [0.25, 0.3) is 0 Å². The van der Waals surface area contributed by atoms with E-state index in [-0.39, 0.29) is 12.1 Å². The quantitative estimate of drug-likeness (QED) is 0.614. The minimum Gasteiger partial charge on any atom is -0.263 e. The second-order valence-corrected chi connectivity index (χ2v) is 4.69. The summed E-state index contributed by atoms with van der Waals surface area (Å²) in [5, 5.41) is 0. The monoisotopic (exact) mass is 314 g/mol. The summed E-state index contributed by atoms with van der Waals surface area (Å²) in [6.07, 6.45) is 0. The van der Waals surface area contributed by atoms with Crippen LogP contribution in [0, 0.1) is 5.82 Å². The Morgan fingerprint density at radius 2 is 1.89 bits per heavy atom. The molecule has 0 bridgehead atoms. The van der Waals surface area contributed by atoms with Crippen LogP contribution in [-0.4, -0.2) is 34.7 Å². The molecular formula is C11H8BrFN2O3. The minimum atomic E-state index is -0.940. The van der Waals surface area contributed by atoms with Crippen molar-refractivity contribution in [1.82, 2.24) is 9.80 Å². The summed E-state index contributed by atoms with van der Waals surface area (Å²) in [5.74, 6) is -2.39. The lowest BCUT2D eigenvalue weighted by atomic mass is 10.2. The van der Waals surface area contributed by atoms with E-state index in [2.05, 4.69) is 15.9 Å². The van der Waals surface area contributed by atoms with Gasteiger partial charge in [0.15, 0.2) is 0 Å². The lowest BCUT2D eigenvalue weighted by Crippen LogP contribution is -2.31. The number of hydrogen-bond acceptors (Lipinski definition) is 3. The average molecular weight is 315 g/mol. The van der Waals surface area contributed by atoms with E-state index >= 15 is 0 Å². The van der Waals surface area contributed by atoms with Crippen LogP contribution in [0.5, 0.6) is 0 Å². The Balaban J connectivity index is 2.27. The Hall–Kier alpha value is -1.76. The van der Waals surface area contributed by atoms with Crippen LogP contribution in [0.3, 0.4) is 0 Å². The summed E-state index contributed by atoms with van der Waals surface area (Å²) >= 11 is 3.10. The Morgan fingerprint density at radius 3 is 2.39 bits per heavy atom. The molecule has 1 aromatic carbocycles. The van der Waals surface area contributed by atoms with Crippen LogP contribution in [0.4, 0.5) is 9.18 Å². The molecule has 1 fully saturated rings. The van der Waals surface area contributed by atoms with Crippen LogP contribution in [0.15, 0.2) is 22.7 Å². The molecule has 94 valence electrons. The summed E-state index contributed by atoms with van der Waals surface area (Å²) in [6, 6.07) is 3.52. The maximum atomic E-state index is 13.6. The number of benzene rings is 1. The molecule has 2 rings (SSSR count). The zero-order valence-electron chi connectivity index (χ0n) is 9.31. The van der Waals surface area contributed by atoms with E-state index in [1.165, 1.54) is 19.2 Å². The van der Waals surface area contributed by atoms with Gasteiger partial charge in [-0.3, -0.25) is 19.4 Å². The zero-order chi connectivity index (χ0) is 13.4. The summed E-state index contributed by atoms with van der Waals surface area (Å²) < 4.78 is 14.1. The third kappa shape index (κ3) is 2.01. The molecule has 0 aromatic heterocycles. The number of nitrogens with zero attached hydrogens (tertiary/aromatic N) is 2. The van der Waals surface area contributed by atoms with E-state index in [0.29, 0.717) is 14.3 Å². The van der Waals surface area contributed by atoms with Crippen molar-refractivity contribution in [3.8, 4) is 0 Å². The van der Waals surface area contributed by atoms with E-state index in [0.717, 1.165) is 0 Å². The fourth-order valence-electron chi connectivity index (χ4n) is 1.57. The molecule has 0 atom stereocenters. The molecular weight excluding hydrogens is 307 g/mol. The van der Waals surface area contributed by atoms with Gasteiger partial charge < -0.3 is 0 Å². The molecule has 7 heteroatoms. The number of amides is 4. The van der Waals surface area contributed by atoms with Crippen LogP contribution in [0.1, 0.15) is 5.56 Å². The van der Waals surface area contributed by atoms with Crippen molar-refractivity contribution < 1.29 is 18.8 Å². The highest BCUT2D eigenvalue weighted by molar-refractivity contribution is 9.10. The molecule has 1 heterocycles. The topological polar surface area (TPSA) is 57.7 Å². The number of urea groups is 1. The van der Waals surface area contributed by atoms with Gasteiger partial charge in [0.2, 0.25) is 0 Å². The van der Waals surface area contributed by atoms with Gasteiger partial charge in [0.1, 0.15) is 5.82 Å². The first-order valence-corrected chi connectivity index (χ1v) is 5.78. The first-order valence-electron chi connectivity index (χ1n) is 4.99. The Labute approximate surface area is 110 Å². The van der Waals surface area contributed by atoms with Crippen molar-refractivity contribution in [2.75, 3.05) is 7.05 Å². The highest BCUT2D eigenvalue weighted by Gasteiger charge is 2.42. The lowest BCUT2D eigenvalue weighted by molar-refractivity contribution is -0.143. The standard InChI is InChI=1S/C11H8BrFN2O3/c1-14-9(16)10(17)15(11(14)18)5-6-2-3-7(12)4-8(6)13/h2-4H,5H2,1H3. The van der Waals surface area contributed by atoms with E-state index in [1.54, 1.807) is 6.07 Å². The number of rotatable bonds is 2. The van der Waals surface area contributed by atoms with Crippen LogP contribution >= 0.6 is 15.9 Å². The number of hydrogen-bond donors (Lipinski definition) is 0.